The summed E-state index contributed by atoms with van der Waals surface area (Å²) in [5.41, 5.74) is 0.291. The molecule has 0 bridgehead atoms. The van der Waals surface area contributed by atoms with Crippen LogP contribution < -0.4 is 5.56 Å². The van der Waals surface area contributed by atoms with E-state index in [2.05, 4.69) is 20.7 Å². The van der Waals surface area contributed by atoms with Crippen LogP contribution in [0.2, 0.25) is 0 Å². The standard InChI is InChI=1S/C10H11BrF3NO2/c1-7-4-8(11)5-15(9(7)16)2-3-17-6-10(12,13)14/h4-5H,2-3,6H2,1H3. The maximum atomic E-state index is 11.8. The zero-order valence-electron chi connectivity index (χ0n) is 9.05. The molecule has 0 aromatic carbocycles. The van der Waals surface area contributed by atoms with Crippen molar-refractivity contribution in [3.63, 3.8) is 0 Å². The lowest BCUT2D eigenvalue weighted by molar-refractivity contribution is -0.174. The molecular formula is C10H11BrF3NO2. The van der Waals surface area contributed by atoms with Gasteiger partial charge in [-0.1, -0.05) is 0 Å². The minimum Gasteiger partial charge on any atom is -0.370 e. The van der Waals surface area contributed by atoms with E-state index in [1.54, 1.807) is 13.0 Å². The van der Waals surface area contributed by atoms with Gasteiger partial charge in [-0.2, -0.15) is 13.2 Å². The van der Waals surface area contributed by atoms with Crippen LogP contribution in [0.25, 0.3) is 0 Å². The molecule has 0 amide bonds. The Morgan fingerprint density at radius 3 is 2.71 bits per heavy atom. The summed E-state index contributed by atoms with van der Waals surface area (Å²) in [5, 5.41) is 0. The van der Waals surface area contributed by atoms with Crippen LogP contribution in [-0.2, 0) is 11.3 Å². The summed E-state index contributed by atoms with van der Waals surface area (Å²) >= 11 is 3.21. The van der Waals surface area contributed by atoms with Gasteiger partial charge in [0.1, 0.15) is 6.61 Å². The fourth-order valence-electron chi connectivity index (χ4n) is 1.26. The number of alkyl halides is 3. The van der Waals surface area contributed by atoms with Crippen LogP contribution in [0.5, 0.6) is 0 Å². The predicted molar refractivity (Wildman–Crippen MR) is 60.0 cm³/mol. The lowest BCUT2D eigenvalue weighted by Gasteiger charge is -2.10. The molecule has 3 nitrogen and oxygen atoms in total. The first-order chi connectivity index (χ1) is 7.79. The molecule has 96 valence electrons. The van der Waals surface area contributed by atoms with Crippen LogP contribution in [0.4, 0.5) is 13.2 Å². The first-order valence-corrected chi connectivity index (χ1v) is 5.60. The zero-order valence-corrected chi connectivity index (χ0v) is 10.6. The monoisotopic (exact) mass is 313 g/mol. The van der Waals surface area contributed by atoms with Crippen LogP contribution in [0.1, 0.15) is 5.56 Å². The minimum atomic E-state index is -4.34. The largest absolute Gasteiger partial charge is 0.411 e. The number of rotatable bonds is 4. The van der Waals surface area contributed by atoms with Gasteiger partial charge in [0.2, 0.25) is 0 Å². The Kier molecular flexibility index (Phi) is 4.76. The van der Waals surface area contributed by atoms with Gasteiger partial charge in [-0.05, 0) is 28.9 Å². The average Bonchev–Trinajstić information content (AvgIpc) is 2.18. The highest BCUT2D eigenvalue weighted by Gasteiger charge is 2.27. The molecule has 0 saturated carbocycles. The second kappa shape index (κ2) is 5.68. The summed E-state index contributed by atoms with van der Waals surface area (Å²) in [4.78, 5) is 11.6. The highest BCUT2D eigenvalue weighted by Crippen LogP contribution is 2.14. The number of nitrogens with zero attached hydrogens (tertiary/aromatic N) is 1. The molecule has 0 radical (unpaired) electrons. The van der Waals surface area contributed by atoms with Gasteiger partial charge in [-0.25, -0.2) is 0 Å². The Balaban J connectivity index is 2.56. The van der Waals surface area contributed by atoms with Crippen molar-refractivity contribution in [1.29, 1.82) is 0 Å². The van der Waals surface area contributed by atoms with E-state index in [1.807, 2.05) is 0 Å². The SMILES string of the molecule is Cc1cc(Br)cn(CCOCC(F)(F)F)c1=O. The van der Waals surface area contributed by atoms with Crippen molar-refractivity contribution >= 4 is 15.9 Å². The van der Waals surface area contributed by atoms with Gasteiger partial charge >= 0.3 is 6.18 Å². The topological polar surface area (TPSA) is 31.2 Å². The number of pyridine rings is 1. The maximum Gasteiger partial charge on any atom is 0.411 e. The molecule has 0 spiro atoms. The lowest BCUT2D eigenvalue weighted by Crippen LogP contribution is -2.25. The van der Waals surface area contributed by atoms with Crippen LogP contribution in [-0.4, -0.2) is 24.0 Å². The highest BCUT2D eigenvalue weighted by atomic mass is 79.9. The molecule has 0 unspecified atom stereocenters. The summed E-state index contributed by atoms with van der Waals surface area (Å²) < 4.78 is 41.8. The molecule has 0 N–H and O–H groups in total. The van der Waals surface area contributed by atoms with Crippen molar-refractivity contribution in [3.8, 4) is 0 Å². The van der Waals surface area contributed by atoms with Gasteiger partial charge in [0, 0.05) is 22.8 Å². The van der Waals surface area contributed by atoms with Crippen molar-refractivity contribution in [2.45, 2.75) is 19.6 Å². The lowest BCUT2D eigenvalue weighted by atomic mass is 10.3. The van der Waals surface area contributed by atoms with Gasteiger partial charge < -0.3 is 9.30 Å². The molecule has 17 heavy (non-hydrogen) atoms. The number of aryl methyl sites for hydroxylation is 1. The number of hydrogen-bond donors (Lipinski definition) is 0. The second-order valence-electron chi connectivity index (χ2n) is 3.51. The number of hydrogen-bond acceptors (Lipinski definition) is 2. The van der Waals surface area contributed by atoms with Gasteiger partial charge in [0.25, 0.3) is 5.56 Å². The van der Waals surface area contributed by atoms with Gasteiger partial charge in [0.15, 0.2) is 0 Å². The summed E-state index contributed by atoms with van der Waals surface area (Å²) in [6.45, 7) is 0.277. The first-order valence-electron chi connectivity index (χ1n) is 4.81. The fourth-order valence-corrected chi connectivity index (χ4v) is 1.85. The molecule has 0 saturated heterocycles. The summed E-state index contributed by atoms with van der Waals surface area (Å²) in [6, 6.07) is 1.65. The molecule has 0 fully saturated rings. The van der Waals surface area contributed by atoms with E-state index in [-0.39, 0.29) is 18.7 Å². The fraction of sp³-hybridized carbons (Fsp3) is 0.500. The molecule has 1 aromatic heterocycles. The minimum absolute atomic E-state index is 0.0925. The third-order valence-electron chi connectivity index (χ3n) is 1.97. The Labute approximate surface area is 104 Å². The average molecular weight is 314 g/mol. The van der Waals surface area contributed by atoms with E-state index < -0.39 is 12.8 Å². The maximum absolute atomic E-state index is 11.8. The van der Waals surface area contributed by atoms with E-state index in [4.69, 9.17) is 0 Å². The normalized spacial score (nSPS) is 11.8. The van der Waals surface area contributed by atoms with Gasteiger partial charge in [0.05, 0.1) is 6.61 Å². The van der Waals surface area contributed by atoms with Crippen molar-refractivity contribution in [2.75, 3.05) is 13.2 Å². The Morgan fingerprint density at radius 1 is 1.47 bits per heavy atom. The molecule has 0 aliphatic heterocycles. The summed E-state index contributed by atoms with van der Waals surface area (Å²) in [7, 11) is 0. The highest BCUT2D eigenvalue weighted by molar-refractivity contribution is 9.10. The summed E-state index contributed by atoms with van der Waals surface area (Å²) in [6.07, 6.45) is -2.82. The zero-order chi connectivity index (χ0) is 13.1. The molecule has 1 aromatic rings. The van der Waals surface area contributed by atoms with Crippen molar-refractivity contribution < 1.29 is 17.9 Å². The van der Waals surface area contributed by atoms with Gasteiger partial charge in [-0.3, -0.25) is 4.79 Å². The molecule has 0 aliphatic rings. The molecular weight excluding hydrogens is 303 g/mol. The Morgan fingerprint density at radius 2 is 2.12 bits per heavy atom. The molecule has 1 heterocycles. The quantitative estimate of drug-likeness (QED) is 0.800. The van der Waals surface area contributed by atoms with E-state index in [0.29, 0.717) is 10.0 Å². The van der Waals surface area contributed by atoms with Crippen LogP contribution in [0, 0.1) is 6.92 Å². The van der Waals surface area contributed by atoms with E-state index in [9.17, 15) is 18.0 Å². The summed E-state index contributed by atoms with van der Waals surface area (Å²) in [5.74, 6) is 0. The Hall–Kier alpha value is -0.820. The number of aromatic nitrogens is 1. The van der Waals surface area contributed by atoms with Crippen LogP contribution in [0.15, 0.2) is 21.5 Å². The third kappa shape index (κ3) is 4.91. The van der Waals surface area contributed by atoms with Crippen molar-refractivity contribution in [3.05, 3.63) is 32.7 Å². The van der Waals surface area contributed by atoms with Crippen molar-refractivity contribution in [2.24, 2.45) is 0 Å². The van der Waals surface area contributed by atoms with E-state index >= 15 is 0 Å². The molecule has 0 aliphatic carbocycles. The number of halogens is 4. The van der Waals surface area contributed by atoms with Crippen LogP contribution in [0.3, 0.4) is 0 Å². The van der Waals surface area contributed by atoms with E-state index in [0.717, 1.165) is 0 Å². The second-order valence-corrected chi connectivity index (χ2v) is 4.42. The smallest absolute Gasteiger partial charge is 0.370 e. The Bertz CT molecular complexity index is 442. The van der Waals surface area contributed by atoms with Crippen LogP contribution >= 0.6 is 15.9 Å². The first kappa shape index (κ1) is 14.2. The number of ether oxygens (including phenoxy) is 1. The van der Waals surface area contributed by atoms with Crippen molar-refractivity contribution in [1.82, 2.24) is 4.57 Å². The third-order valence-corrected chi connectivity index (χ3v) is 2.41. The molecule has 7 heteroatoms. The molecule has 0 atom stereocenters. The van der Waals surface area contributed by atoms with E-state index in [1.165, 1.54) is 10.8 Å². The predicted octanol–water partition coefficient (Wildman–Crippen LogP) is 2.50. The molecule has 1 rings (SSSR count). The van der Waals surface area contributed by atoms with Gasteiger partial charge in [-0.15, -0.1) is 0 Å².